The third kappa shape index (κ3) is 2.41. The van der Waals surface area contributed by atoms with Gasteiger partial charge in [0.25, 0.3) is 0 Å². The molecular weight excluding hydrogens is 250 g/mol. The number of azo groups is 1. The predicted octanol–water partition coefficient (Wildman–Crippen LogP) is 3.58. The summed E-state index contributed by atoms with van der Waals surface area (Å²) in [5.74, 6) is 0.849. The maximum absolute atomic E-state index is 5.34. The summed E-state index contributed by atoms with van der Waals surface area (Å²) in [4.78, 5) is 4.19. The van der Waals surface area contributed by atoms with Crippen molar-refractivity contribution in [3.05, 3.63) is 59.4 Å². The van der Waals surface area contributed by atoms with Gasteiger partial charge in [0.1, 0.15) is 11.8 Å². The Bertz CT molecular complexity index is 625. The van der Waals surface area contributed by atoms with E-state index < -0.39 is 0 Å². The Kier molecular flexibility index (Phi) is 3.46. The van der Waals surface area contributed by atoms with Gasteiger partial charge >= 0.3 is 0 Å². The maximum atomic E-state index is 5.34. The van der Waals surface area contributed by atoms with E-state index in [4.69, 9.17) is 4.74 Å². The van der Waals surface area contributed by atoms with E-state index >= 15 is 0 Å². The molecule has 0 aliphatic carbocycles. The molecule has 2 unspecified atom stereocenters. The fourth-order valence-corrected chi connectivity index (χ4v) is 2.53. The number of nitrogens with zero attached hydrogens (tertiary/aromatic N) is 3. The second-order valence-electron chi connectivity index (χ2n) is 5.04. The van der Waals surface area contributed by atoms with Crippen LogP contribution in [0.15, 0.2) is 53.0 Å². The topological polar surface area (TPSA) is 46.8 Å². The molecule has 1 aromatic carbocycles. The third-order valence-corrected chi connectivity index (χ3v) is 3.54. The summed E-state index contributed by atoms with van der Waals surface area (Å²) in [7, 11) is 1.68. The van der Waals surface area contributed by atoms with E-state index in [9.17, 15) is 0 Å². The first-order chi connectivity index (χ1) is 9.78. The van der Waals surface area contributed by atoms with Crippen LogP contribution in [-0.2, 0) is 6.42 Å². The molecule has 4 heteroatoms. The molecule has 0 spiro atoms. The van der Waals surface area contributed by atoms with E-state index in [-0.39, 0.29) is 12.1 Å². The van der Waals surface area contributed by atoms with Crippen LogP contribution in [-0.4, -0.2) is 18.1 Å². The molecule has 102 valence electrons. The number of ether oxygens (including phenoxy) is 1. The van der Waals surface area contributed by atoms with Crippen molar-refractivity contribution >= 4 is 0 Å². The highest BCUT2D eigenvalue weighted by atomic mass is 16.5. The monoisotopic (exact) mass is 267 g/mol. The molecular formula is C16H17N3O. The third-order valence-electron chi connectivity index (χ3n) is 3.54. The van der Waals surface area contributed by atoms with Crippen molar-refractivity contribution in [1.29, 1.82) is 0 Å². The molecule has 1 aliphatic heterocycles. The second kappa shape index (κ2) is 5.41. The Morgan fingerprint density at radius 1 is 1.20 bits per heavy atom. The zero-order valence-electron chi connectivity index (χ0n) is 11.7. The number of hydrogen-bond acceptors (Lipinski definition) is 4. The number of pyridine rings is 1. The lowest BCUT2D eigenvalue weighted by Gasteiger charge is -2.15. The molecule has 2 aromatic rings. The molecule has 2 heterocycles. The summed E-state index contributed by atoms with van der Waals surface area (Å²) >= 11 is 0. The minimum absolute atomic E-state index is 0.0984. The number of methoxy groups -OCH3 is 1. The molecule has 2 atom stereocenters. The van der Waals surface area contributed by atoms with Gasteiger partial charge < -0.3 is 4.74 Å². The van der Waals surface area contributed by atoms with E-state index in [0.717, 1.165) is 23.3 Å². The Hall–Kier alpha value is -2.23. The van der Waals surface area contributed by atoms with Crippen LogP contribution in [0.4, 0.5) is 0 Å². The molecule has 0 radical (unpaired) electrons. The summed E-state index contributed by atoms with van der Waals surface area (Å²) < 4.78 is 5.34. The summed E-state index contributed by atoms with van der Waals surface area (Å²) in [6, 6.07) is 10.2. The van der Waals surface area contributed by atoms with Gasteiger partial charge in [-0.2, -0.15) is 10.2 Å². The van der Waals surface area contributed by atoms with Crippen LogP contribution < -0.4 is 4.74 Å². The van der Waals surface area contributed by atoms with Gasteiger partial charge in [-0.25, -0.2) is 0 Å². The molecule has 0 bridgehead atoms. The fourth-order valence-electron chi connectivity index (χ4n) is 2.53. The molecule has 4 nitrogen and oxygen atoms in total. The van der Waals surface area contributed by atoms with Gasteiger partial charge in [-0.05, 0) is 42.7 Å². The van der Waals surface area contributed by atoms with Crippen LogP contribution in [0.5, 0.6) is 5.75 Å². The smallest absolute Gasteiger partial charge is 0.123 e. The Balaban J connectivity index is 2.13. The van der Waals surface area contributed by atoms with Gasteiger partial charge in [0.05, 0.1) is 13.2 Å². The molecule has 0 N–H and O–H groups in total. The van der Waals surface area contributed by atoms with E-state index in [0.29, 0.717) is 0 Å². The largest absolute Gasteiger partial charge is 0.497 e. The Morgan fingerprint density at radius 3 is 2.85 bits per heavy atom. The highest BCUT2D eigenvalue weighted by Gasteiger charge is 2.22. The van der Waals surface area contributed by atoms with E-state index in [1.165, 1.54) is 5.56 Å². The SMILES string of the molecule is COc1ccc2c(c1)C(c1cccnc1)N=NC(C)C2. The van der Waals surface area contributed by atoms with Gasteiger partial charge in [0.15, 0.2) is 0 Å². The van der Waals surface area contributed by atoms with Crippen molar-refractivity contribution in [2.45, 2.75) is 25.4 Å². The lowest BCUT2D eigenvalue weighted by Crippen LogP contribution is -2.04. The maximum Gasteiger partial charge on any atom is 0.123 e. The van der Waals surface area contributed by atoms with E-state index in [1.807, 2.05) is 24.4 Å². The van der Waals surface area contributed by atoms with Gasteiger partial charge in [0, 0.05) is 18.0 Å². The number of rotatable bonds is 2. The van der Waals surface area contributed by atoms with Crippen LogP contribution in [0.2, 0.25) is 0 Å². The molecule has 0 amide bonds. The lowest BCUT2D eigenvalue weighted by molar-refractivity contribution is 0.414. The number of hydrogen-bond donors (Lipinski definition) is 0. The zero-order chi connectivity index (χ0) is 13.9. The normalized spacial score (nSPS) is 21.1. The van der Waals surface area contributed by atoms with Gasteiger partial charge in [-0.3, -0.25) is 4.98 Å². The van der Waals surface area contributed by atoms with Crippen molar-refractivity contribution in [3.63, 3.8) is 0 Å². The first-order valence-electron chi connectivity index (χ1n) is 6.74. The highest BCUT2D eigenvalue weighted by molar-refractivity contribution is 5.42. The van der Waals surface area contributed by atoms with Crippen molar-refractivity contribution in [2.24, 2.45) is 10.2 Å². The molecule has 0 fully saturated rings. The van der Waals surface area contributed by atoms with E-state index in [1.54, 1.807) is 13.3 Å². The molecule has 20 heavy (non-hydrogen) atoms. The van der Waals surface area contributed by atoms with Gasteiger partial charge in [0.2, 0.25) is 0 Å². The van der Waals surface area contributed by atoms with Gasteiger partial charge in [-0.15, -0.1) is 0 Å². The summed E-state index contributed by atoms with van der Waals surface area (Å²) in [5, 5.41) is 8.93. The van der Waals surface area contributed by atoms with Crippen molar-refractivity contribution in [3.8, 4) is 5.75 Å². The number of benzene rings is 1. The highest BCUT2D eigenvalue weighted by Crippen LogP contribution is 2.34. The predicted molar refractivity (Wildman–Crippen MR) is 77.1 cm³/mol. The average Bonchev–Trinajstić information content (AvgIpc) is 2.65. The van der Waals surface area contributed by atoms with Crippen LogP contribution >= 0.6 is 0 Å². The first-order valence-corrected chi connectivity index (χ1v) is 6.74. The number of fused-ring (bicyclic) bond motifs is 1. The van der Waals surface area contributed by atoms with Crippen molar-refractivity contribution in [1.82, 2.24) is 4.98 Å². The summed E-state index contributed by atoms with van der Waals surface area (Å²) in [5.41, 5.74) is 3.49. The minimum Gasteiger partial charge on any atom is -0.497 e. The van der Waals surface area contributed by atoms with Crippen LogP contribution in [0.1, 0.15) is 29.7 Å². The molecule has 0 saturated carbocycles. The minimum atomic E-state index is -0.0984. The first kappa shape index (κ1) is 12.8. The van der Waals surface area contributed by atoms with Crippen molar-refractivity contribution < 1.29 is 4.74 Å². The zero-order valence-corrected chi connectivity index (χ0v) is 11.7. The molecule has 3 rings (SSSR count). The van der Waals surface area contributed by atoms with E-state index in [2.05, 4.69) is 34.3 Å². The molecule has 1 aromatic heterocycles. The Labute approximate surface area is 118 Å². The quantitative estimate of drug-likeness (QED) is 0.835. The molecule has 1 aliphatic rings. The lowest BCUT2D eigenvalue weighted by atomic mass is 9.93. The Morgan fingerprint density at radius 2 is 2.10 bits per heavy atom. The van der Waals surface area contributed by atoms with Crippen molar-refractivity contribution in [2.75, 3.05) is 7.11 Å². The summed E-state index contributed by atoms with van der Waals surface area (Å²) in [6.45, 7) is 2.09. The van der Waals surface area contributed by atoms with Crippen LogP contribution in [0, 0.1) is 0 Å². The van der Waals surface area contributed by atoms with Gasteiger partial charge in [-0.1, -0.05) is 12.1 Å². The van der Waals surface area contributed by atoms with Crippen LogP contribution in [0.3, 0.4) is 0 Å². The number of aromatic nitrogens is 1. The second-order valence-corrected chi connectivity index (χ2v) is 5.04. The standard InChI is InChI=1S/C16H17N3O/c1-11-8-12-5-6-14(20-2)9-15(12)16(19-18-11)13-4-3-7-17-10-13/h3-7,9-11,16H,8H2,1-2H3. The fraction of sp³-hybridized carbons (Fsp3) is 0.312. The molecule has 0 saturated heterocycles. The summed E-state index contributed by atoms with van der Waals surface area (Å²) in [6.07, 6.45) is 4.52. The average molecular weight is 267 g/mol. The van der Waals surface area contributed by atoms with Crippen LogP contribution in [0.25, 0.3) is 0 Å².